The first-order valence-corrected chi connectivity index (χ1v) is 6.73. The molecule has 0 bridgehead atoms. The van der Waals surface area contributed by atoms with Crippen LogP contribution >= 0.6 is 7.55 Å². The first-order chi connectivity index (χ1) is 5.42. The Morgan fingerprint density at radius 1 is 1.45 bits per heavy atom. The molecule has 0 N–H and O–H groups in total. The third kappa shape index (κ3) is 1.38. The van der Waals surface area contributed by atoms with E-state index in [9.17, 15) is 0 Å². The molecule has 1 aliphatic carbocycles. The third-order valence-corrected chi connectivity index (χ3v) is 6.32. The van der Waals surface area contributed by atoms with Crippen LogP contribution in [0.2, 0.25) is 0 Å². The fourth-order valence-electron chi connectivity index (χ4n) is 2.46. The molecule has 11 heavy (non-hydrogen) atoms. The van der Waals surface area contributed by atoms with Crippen molar-refractivity contribution in [2.45, 2.75) is 39.0 Å². The molecule has 1 aliphatic heterocycles. The van der Waals surface area contributed by atoms with Gasteiger partial charge in [-0.25, -0.2) is 0 Å². The molecule has 0 spiro atoms. The highest BCUT2D eigenvalue weighted by Gasteiger charge is 2.40. The van der Waals surface area contributed by atoms with Crippen LogP contribution in [-0.4, -0.2) is 17.6 Å². The van der Waals surface area contributed by atoms with Gasteiger partial charge in [0, 0.05) is 6.42 Å². The van der Waals surface area contributed by atoms with E-state index in [-0.39, 0.29) is 0 Å². The molecule has 2 rings (SSSR count). The lowest BCUT2D eigenvalue weighted by atomic mass is 9.90. The predicted octanol–water partition coefficient (Wildman–Crippen LogP) is 3.25. The van der Waals surface area contributed by atoms with Gasteiger partial charge in [0.2, 0.25) is 0 Å². The van der Waals surface area contributed by atoms with Gasteiger partial charge in [0.15, 0.2) is 0 Å². The quantitative estimate of drug-likeness (QED) is 0.556. The molecule has 0 radical (unpaired) electrons. The minimum absolute atomic E-state index is 0.461. The van der Waals surface area contributed by atoms with Gasteiger partial charge in [0.25, 0.3) is 0 Å². The summed E-state index contributed by atoms with van der Waals surface area (Å²) < 4.78 is 0. The van der Waals surface area contributed by atoms with Crippen LogP contribution in [0.4, 0.5) is 0 Å². The summed E-state index contributed by atoms with van der Waals surface area (Å²) in [6.07, 6.45) is 10.6. The van der Waals surface area contributed by atoms with E-state index in [1.807, 2.05) is 5.29 Å². The average Bonchev–Trinajstić information content (AvgIpc) is 2.01. The summed E-state index contributed by atoms with van der Waals surface area (Å²) in [6.45, 7) is 2.33. The van der Waals surface area contributed by atoms with Crippen molar-refractivity contribution in [2.75, 3.05) is 12.3 Å². The van der Waals surface area contributed by atoms with Gasteiger partial charge < -0.3 is 0 Å². The lowest BCUT2D eigenvalue weighted by molar-refractivity contribution is 0.561. The first-order valence-electron chi connectivity index (χ1n) is 5.02. The van der Waals surface area contributed by atoms with Crippen LogP contribution in [0.3, 0.4) is 0 Å². The van der Waals surface area contributed by atoms with E-state index in [1.54, 1.807) is 12.3 Å². The Bertz CT molecular complexity index is 181. The van der Waals surface area contributed by atoms with Crippen LogP contribution in [-0.2, 0) is 0 Å². The Labute approximate surface area is 70.8 Å². The number of fused-ring (bicyclic) bond motifs is 1. The van der Waals surface area contributed by atoms with E-state index < -0.39 is 0 Å². The van der Waals surface area contributed by atoms with Gasteiger partial charge in [-0.3, -0.25) is 0 Å². The van der Waals surface area contributed by atoms with Gasteiger partial charge in [0.1, 0.15) is 17.6 Å². The highest BCUT2D eigenvalue weighted by Crippen LogP contribution is 2.47. The normalized spacial score (nSPS) is 33.0. The topological polar surface area (TPSA) is 0 Å². The summed E-state index contributed by atoms with van der Waals surface area (Å²) in [7, 11) is 0.461. The summed E-state index contributed by atoms with van der Waals surface area (Å²) in [6, 6.07) is 0. The SMILES string of the molecule is CCC[P+]1=C2CCCCC2C1. The molecular weight excluding hydrogens is 151 g/mol. The second-order valence-corrected chi connectivity index (χ2v) is 6.35. The molecule has 2 atom stereocenters. The molecular formula is C10H18P+. The number of hydrogen-bond donors (Lipinski definition) is 0. The molecule has 0 amide bonds. The number of rotatable bonds is 2. The van der Waals surface area contributed by atoms with Crippen LogP contribution in [0.15, 0.2) is 0 Å². The zero-order chi connectivity index (χ0) is 7.68. The molecule has 2 unspecified atom stereocenters. The largest absolute Gasteiger partial charge is 0.116 e. The van der Waals surface area contributed by atoms with Gasteiger partial charge in [-0.05, 0) is 19.3 Å². The van der Waals surface area contributed by atoms with Crippen molar-refractivity contribution in [1.29, 1.82) is 0 Å². The van der Waals surface area contributed by atoms with Gasteiger partial charge >= 0.3 is 0 Å². The molecule has 0 aromatic rings. The lowest BCUT2D eigenvalue weighted by Crippen LogP contribution is -2.29. The van der Waals surface area contributed by atoms with Crippen LogP contribution in [0.5, 0.6) is 0 Å². The molecule has 1 fully saturated rings. The van der Waals surface area contributed by atoms with Crippen LogP contribution in [0.25, 0.3) is 0 Å². The fourth-order valence-corrected chi connectivity index (χ4v) is 5.52. The standard InChI is InChI=1S/C10H18P/c1-2-7-11-8-9-5-3-4-6-10(9)11/h9H,2-8H2,1H3/q+1. The Kier molecular flexibility index (Phi) is 2.32. The van der Waals surface area contributed by atoms with E-state index in [2.05, 4.69) is 6.92 Å². The van der Waals surface area contributed by atoms with Crippen molar-refractivity contribution in [3.63, 3.8) is 0 Å². The van der Waals surface area contributed by atoms with Crippen molar-refractivity contribution >= 4 is 12.8 Å². The Balaban J connectivity index is 2.00. The zero-order valence-corrected chi connectivity index (χ0v) is 8.37. The molecule has 0 nitrogen and oxygen atoms in total. The Morgan fingerprint density at radius 2 is 2.36 bits per heavy atom. The second kappa shape index (κ2) is 3.27. The van der Waals surface area contributed by atoms with Gasteiger partial charge in [-0.15, -0.1) is 0 Å². The molecule has 1 heteroatoms. The maximum absolute atomic E-state index is 2.33. The van der Waals surface area contributed by atoms with E-state index in [0.29, 0.717) is 7.55 Å². The van der Waals surface area contributed by atoms with Crippen molar-refractivity contribution < 1.29 is 0 Å². The molecule has 2 aliphatic rings. The smallest absolute Gasteiger partial charge is 0.0615 e. The third-order valence-electron chi connectivity index (χ3n) is 3.05. The van der Waals surface area contributed by atoms with Crippen LogP contribution < -0.4 is 0 Å². The monoisotopic (exact) mass is 169 g/mol. The van der Waals surface area contributed by atoms with Crippen molar-refractivity contribution in [3.8, 4) is 0 Å². The summed E-state index contributed by atoms with van der Waals surface area (Å²) in [5.41, 5.74) is 0. The first kappa shape index (κ1) is 7.80. The van der Waals surface area contributed by atoms with Crippen molar-refractivity contribution in [1.82, 2.24) is 0 Å². The van der Waals surface area contributed by atoms with Crippen LogP contribution in [0, 0.1) is 5.92 Å². The van der Waals surface area contributed by atoms with E-state index >= 15 is 0 Å². The van der Waals surface area contributed by atoms with Gasteiger partial charge in [-0.1, -0.05) is 13.3 Å². The van der Waals surface area contributed by atoms with E-state index in [1.165, 1.54) is 32.1 Å². The molecule has 1 saturated carbocycles. The van der Waals surface area contributed by atoms with Gasteiger partial charge in [0.05, 0.1) is 13.5 Å². The summed E-state index contributed by atoms with van der Waals surface area (Å²) in [5.74, 6) is 1.11. The number of hydrogen-bond acceptors (Lipinski definition) is 0. The predicted molar refractivity (Wildman–Crippen MR) is 53.9 cm³/mol. The van der Waals surface area contributed by atoms with Crippen molar-refractivity contribution in [2.24, 2.45) is 5.92 Å². The minimum atomic E-state index is 0.461. The minimum Gasteiger partial charge on any atom is -0.0615 e. The summed E-state index contributed by atoms with van der Waals surface area (Å²) in [4.78, 5) is 0. The van der Waals surface area contributed by atoms with Crippen LogP contribution in [0.1, 0.15) is 39.0 Å². The average molecular weight is 169 g/mol. The molecule has 62 valence electrons. The summed E-state index contributed by atoms with van der Waals surface area (Å²) in [5, 5.41) is 2.02. The molecule has 1 heterocycles. The molecule has 0 saturated heterocycles. The Hall–Kier alpha value is 0.170. The van der Waals surface area contributed by atoms with Gasteiger partial charge in [-0.2, -0.15) is 0 Å². The maximum atomic E-state index is 2.33. The second-order valence-electron chi connectivity index (χ2n) is 3.88. The van der Waals surface area contributed by atoms with E-state index in [0.717, 1.165) is 5.92 Å². The fraction of sp³-hybridized carbons (Fsp3) is 0.900. The Morgan fingerprint density at radius 3 is 3.09 bits per heavy atom. The maximum Gasteiger partial charge on any atom is 0.116 e. The van der Waals surface area contributed by atoms with Crippen molar-refractivity contribution in [3.05, 3.63) is 0 Å². The molecule has 0 aromatic carbocycles. The summed E-state index contributed by atoms with van der Waals surface area (Å²) >= 11 is 0. The lowest BCUT2D eigenvalue weighted by Gasteiger charge is -2.27. The zero-order valence-electron chi connectivity index (χ0n) is 7.47. The highest BCUT2D eigenvalue weighted by molar-refractivity contribution is 7.61. The highest BCUT2D eigenvalue weighted by atomic mass is 31.1. The van der Waals surface area contributed by atoms with E-state index in [4.69, 9.17) is 0 Å². The molecule has 0 aromatic heterocycles.